The second kappa shape index (κ2) is 6.58. The van der Waals surface area contributed by atoms with E-state index in [9.17, 15) is 0 Å². The maximum Gasteiger partial charge on any atom is 0.0705 e. The summed E-state index contributed by atoms with van der Waals surface area (Å²) < 4.78 is 5.77. The summed E-state index contributed by atoms with van der Waals surface area (Å²) in [5.74, 6) is 0. The minimum Gasteiger partial charge on any atom is -0.378 e. The molecule has 0 radical (unpaired) electrons. The molecule has 1 aromatic carbocycles. The molecular formula is C20H24N4O. The molecule has 2 aromatic heterocycles. The van der Waals surface area contributed by atoms with E-state index in [2.05, 4.69) is 64.3 Å². The van der Waals surface area contributed by atoms with Crippen LogP contribution in [0.1, 0.15) is 34.3 Å². The summed E-state index contributed by atoms with van der Waals surface area (Å²) in [6.45, 7) is 9.51. The molecule has 0 spiro atoms. The predicted octanol–water partition coefficient (Wildman–Crippen LogP) is 3.46. The number of benzene rings is 1. The van der Waals surface area contributed by atoms with Crippen molar-refractivity contribution in [3.63, 3.8) is 0 Å². The van der Waals surface area contributed by atoms with Crippen LogP contribution in [0.2, 0.25) is 0 Å². The van der Waals surface area contributed by atoms with E-state index in [0.29, 0.717) is 0 Å². The Hall–Kier alpha value is -2.24. The average Bonchev–Trinajstić information content (AvgIpc) is 2.94. The van der Waals surface area contributed by atoms with Gasteiger partial charge in [-0.05, 0) is 44.5 Å². The van der Waals surface area contributed by atoms with Gasteiger partial charge in [0.1, 0.15) is 0 Å². The fourth-order valence-corrected chi connectivity index (χ4v) is 3.75. The van der Waals surface area contributed by atoms with Gasteiger partial charge in [0, 0.05) is 35.4 Å². The minimum absolute atomic E-state index is 0.249. The van der Waals surface area contributed by atoms with E-state index in [-0.39, 0.29) is 6.04 Å². The number of aromatic nitrogens is 3. The van der Waals surface area contributed by atoms with Crippen LogP contribution >= 0.6 is 0 Å². The summed E-state index contributed by atoms with van der Waals surface area (Å²) in [6.07, 6.45) is 0. The zero-order valence-electron chi connectivity index (χ0n) is 15.0. The van der Waals surface area contributed by atoms with Crippen molar-refractivity contribution in [2.75, 3.05) is 19.8 Å². The van der Waals surface area contributed by atoms with Crippen molar-refractivity contribution >= 4 is 10.9 Å². The Kier molecular flexibility index (Phi) is 4.27. The fourth-order valence-electron chi connectivity index (χ4n) is 3.75. The quantitative estimate of drug-likeness (QED) is 0.796. The van der Waals surface area contributed by atoms with E-state index < -0.39 is 0 Å². The number of rotatable bonds is 3. The Bertz CT molecular complexity index is 882. The molecule has 130 valence electrons. The minimum atomic E-state index is 0.249. The topological polar surface area (TPSA) is 54.0 Å². The van der Waals surface area contributed by atoms with Gasteiger partial charge in [0.2, 0.25) is 0 Å². The van der Waals surface area contributed by atoms with E-state index in [1.807, 2.05) is 6.92 Å². The number of hydrogen-bond donors (Lipinski definition) is 1. The van der Waals surface area contributed by atoms with Gasteiger partial charge in [0.05, 0.1) is 30.5 Å². The number of pyridine rings is 1. The molecule has 0 amide bonds. The van der Waals surface area contributed by atoms with Crippen LogP contribution in [0.4, 0.5) is 0 Å². The van der Waals surface area contributed by atoms with Crippen molar-refractivity contribution in [2.45, 2.75) is 33.4 Å². The van der Waals surface area contributed by atoms with E-state index in [1.165, 1.54) is 16.5 Å². The van der Waals surface area contributed by atoms with Crippen molar-refractivity contribution < 1.29 is 4.74 Å². The lowest BCUT2D eigenvalue weighted by atomic mass is 10.0. The molecule has 1 aliphatic heterocycles. The van der Waals surface area contributed by atoms with Gasteiger partial charge in [0.15, 0.2) is 0 Å². The number of aromatic amines is 1. The number of nitrogens with one attached hydrogen (secondary N) is 1. The van der Waals surface area contributed by atoms with Gasteiger partial charge in [-0.2, -0.15) is 5.10 Å². The van der Waals surface area contributed by atoms with Gasteiger partial charge in [-0.1, -0.05) is 12.1 Å². The Morgan fingerprint density at radius 2 is 2.08 bits per heavy atom. The predicted molar refractivity (Wildman–Crippen MR) is 98.5 cm³/mol. The summed E-state index contributed by atoms with van der Waals surface area (Å²) in [5, 5.41) is 8.67. The Balaban J connectivity index is 1.62. The molecule has 5 heteroatoms. The second-order valence-corrected chi connectivity index (χ2v) is 6.89. The summed E-state index contributed by atoms with van der Waals surface area (Å²) in [4.78, 5) is 7.09. The molecule has 1 N–H and O–H groups in total. The van der Waals surface area contributed by atoms with Crippen molar-refractivity contribution in [1.82, 2.24) is 20.1 Å². The average molecular weight is 336 g/mol. The van der Waals surface area contributed by atoms with Crippen molar-refractivity contribution in [3.05, 3.63) is 58.5 Å². The monoisotopic (exact) mass is 336 g/mol. The number of hydrogen-bond acceptors (Lipinski definition) is 4. The van der Waals surface area contributed by atoms with Crippen molar-refractivity contribution in [3.8, 4) is 0 Å². The maximum atomic E-state index is 5.77. The molecule has 1 atom stereocenters. The molecule has 3 aromatic rings. The third kappa shape index (κ3) is 3.17. The van der Waals surface area contributed by atoms with Crippen LogP contribution in [0.15, 0.2) is 30.3 Å². The van der Waals surface area contributed by atoms with E-state index in [1.54, 1.807) is 0 Å². The number of nitrogens with zero attached hydrogens (tertiary/aromatic N) is 3. The SMILES string of the molecule is Cc1ccc2cc(CN3CCOC[C@H]3c3c(C)n[nH]c3C)ccc2n1. The normalized spacial score (nSPS) is 18.8. The third-order valence-corrected chi connectivity index (χ3v) is 5.04. The van der Waals surface area contributed by atoms with Gasteiger partial charge in [-0.3, -0.25) is 15.0 Å². The van der Waals surface area contributed by atoms with Crippen molar-refractivity contribution in [2.24, 2.45) is 0 Å². The van der Waals surface area contributed by atoms with E-state index in [4.69, 9.17) is 4.74 Å². The Morgan fingerprint density at radius 3 is 2.88 bits per heavy atom. The highest BCUT2D eigenvalue weighted by molar-refractivity contribution is 5.79. The lowest BCUT2D eigenvalue weighted by Gasteiger charge is -2.36. The number of morpholine rings is 1. The smallest absolute Gasteiger partial charge is 0.0705 e. The maximum absolute atomic E-state index is 5.77. The molecule has 1 saturated heterocycles. The fraction of sp³-hybridized carbons (Fsp3) is 0.400. The molecule has 0 unspecified atom stereocenters. The summed E-state index contributed by atoms with van der Waals surface area (Å²) in [6, 6.07) is 11.0. The molecule has 1 aliphatic rings. The first-order valence-corrected chi connectivity index (χ1v) is 8.81. The standard InChI is InChI=1S/C20H24N4O/c1-13-4-6-17-10-16(5-7-18(17)21-13)11-24-8-9-25-12-19(24)20-14(2)22-23-15(20)3/h4-7,10,19H,8-9,11-12H2,1-3H3,(H,22,23)/t19-/m0/s1. The zero-order chi connectivity index (χ0) is 17.4. The summed E-state index contributed by atoms with van der Waals surface area (Å²) >= 11 is 0. The van der Waals surface area contributed by atoms with Gasteiger partial charge < -0.3 is 4.74 Å². The van der Waals surface area contributed by atoms with E-state index >= 15 is 0 Å². The van der Waals surface area contributed by atoms with Crippen LogP contribution in [0.5, 0.6) is 0 Å². The lowest BCUT2D eigenvalue weighted by Crippen LogP contribution is -2.39. The zero-order valence-corrected chi connectivity index (χ0v) is 15.0. The van der Waals surface area contributed by atoms with Crippen LogP contribution in [-0.4, -0.2) is 39.8 Å². The number of aryl methyl sites for hydroxylation is 3. The lowest BCUT2D eigenvalue weighted by molar-refractivity contribution is -0.0131. The first-order valence-electron chi connectivity index (χ1n) is 8.81. The Morgan fingerprint density at radius 1 is 1.20 bits per heavy atom. The molecule has 0 aliphatic carbocycles. The number of ether oxygens (including phenoxy) is 1. The van der Waals surface area contributed by atoms with Crippen LogP contribution in [0.25, 0.3) is 10.9 Å². The molecule has 25 heavy (non-hydrogen) atoms. The largest absolute Gasteiger partial charge is 0.378 e. The molecule has 4 rings (SSSR count). The van der Waals surface area contributed by atoms with Gasteiger partial charge >= 0.3 is 0 Å². The highest BCUT2D eigenvalue weighted by atomic mass is 16.5. The molecule has 0 saturated carbocycles. The third-order valence-electron chi connectivity index (χ3n) is 5.04. The second-order valence-electron chi connectivity index (χ2n) is 6.89. The molecule has 3 heterocycles. The van der Waals surface area contributed by atoms with Gasteiger partial charge in [0.25, 0.3) is 0 Å². The summed E-state index contributed by atoms with van der Waals surface area (Å²) in [5.41, 5.74) is 6.90. The first kappa shape index (κ1) is 16.2. The first-order chi connectivity index (χ1) is 12.1. The highest BCUT2D eigenvalue weighted by Crippen LogP contribution is 2.30. The number of H-pyrrole nitrogens is 1. The van der Waals surface area contributed by atoms with Gasteiger partial charge in [-0.25, -0.2) is 0 Å². The van der Waals surface area contributed by atoms with Crippen LogP contribution in [0, 0.1) is 20.8 Å². The highest BCUT2D eigenvalue weighted by Gasteiger charge is 2.28. The van der Waals surface area contributed by atoms with Crippen LogP contribution in [0.3, 0.4) is 0 Å². The Labute approximate surface area is 148 Å². The van der Waals surface area contributed by atoms with Gasteiger partial charge in [-0.15, -0.1) is 0 Å². The molecular weight excluding hydrogens is 312 g/mol. The molecule has 5 nitrogen and oxygen atoms in total. The van der Waals surface area contributed by atoms with E-state index in [0.717, 1.165) is 48.9 Å². The summed E-state index contributed by atoms with van der Waals surface area (Å²) in [7, 11) is 0. The van der Waals surface area contributed by atoms with Crippen LogP contribution < -0.4 is 0 Å². The van der Waals surface area contributed by atoms with Crippen molar-refractivity contribution in [1.29, 1.82) is 0 Å². The molecule has 1 fully saturated rings. The molecule has 0 bridgehead atoms. The number of fused-ring (bicyclic) bond motifs is 1. The van der Waals surface area contributed by atoms with Crippen LogP contribution in [-0.2, 0) is 11.3 Å².